The van der Waals surface area contributed by atoms with Gasteiger partial charge in [0, 0.05) is 23.7 Å². The van der Waals surface area contributed by atoms with E-state index in [1.165, 1.54) is 12.1 Å². The summed E-state index contributed by atoms with van der Waals surface area (Å²) in [4.78, 5) is 0.0864. The Hall–Kier alpha value is -2.03. The summed E-state index contributed by atoms with van der Waals surface area (Å²) in [6, 6.07) is 7.49. The van der Waals surface area contributed by atoms with Gasteiger partial charge in [0.05, 0.1) is 17.1 Å². The minimum Gasteiger partial charge on any atom is -0.271 e. The van der Waals surface area contributed by atoms with Crippen molar-refractivity contribution in [2.75, 3.05) is 6.54 Å². The van der Waals surface area contributed by atoms with Gasteiger partial charge in [-0.2, -0.15) is 16.4 Å². The summed E-state index contributed by atoms with van der Waals surface area (Å²) in [6.07, 6.45) is 1.81. The third-order valence-electron chi connectivity index (χ3n) is 3.52. The summed E-state index contributed by atoms with van der Waals surface area (Å²) in [5.41, 5.74) is 2.27. The predicted octanol–water partition coefficient (Wildman–Crippen LogP) is 3.04. The molecular formula is C16H16FN3O2S2. The van der Waals surface area contributed by atoms with Gasteiger partial charge in [0.2, 0.25) is 10.0 Å². The maximum absolute atomic E-state index is 13.1. The third kappa shape index (κ3) is 3.72. The van der Waals surface area contributed by atoms with E-state index in [-0.39, 0.29) is 11.4 Å². The summed E-state index contributed by atoms with van der Waals surface area (Å²) in [5, 5.41) is 8.40. The molecule has 8 heteroatoms. The van der Waals surface area contributed by atoms with E-state index < -0.39 is 15.8 Å². The first-order valence-electron chi connectivity index (χ1n) is 7.27. The van der Waals surface area contributed by atoms with Gasteiger partial charge in [-0.25, -0.2) is 17.5 Å². The second-order valence-electron chi connectivity index (χ2n) is 5.28. The normalized spacial score (nSPS) is 11.8. The fourth-order valence-corrected chi connectivity index (χ4v) is 4.23. The van der Waals surface area contributed by atoms with Crippen LogP contribution in [-0.2, 0) is 16.6 Å². The third-order valence-corrected chi connectivity index (χ3v) is 5.82. The highest BCUT2D eigenvalue weighted by molar-refractivity contribution is 7.89. The number of benzene rings is 1. The number of halogens is 1. The van der Waals surface area contributed by atoms with Crippen molar-refractivity contribution in [3.63, 3.8) is 0 Å². The van der Waals surface area contributed by atoms with Crippen molar-refractivity contribution in [3.8, 4) is 11.3 Å². The van der Waals surface area contributed by atoms with E-state index in [4.69, 9.17) is 0 Å². The van der Waals surface area contributed by atoms with Gasteiger partial charge in [-0.3, -0.25) is 4.68 Å². The van der Waals surface area contributed by atoms with Crippen LogP contribution in [0.3, 0.4) is 0 Å². The monoisotopic (exact) mass is 365 g/mol. The van der Waals surface area contributed by atoms with Crippen LogP contribution in [0.2, 0.25) is 0 Å². The Kier molecular flexibility index (Phi) is 4.79. The quantitative estimate of drug-likeness (QED) is 0.730. The zero-order valence-corrected chi connectivity index (χ0v) is 14.6. The van der Waals surface area contributed by atoms with E-state index in [1.807, 2.05) is 29.1 Å². The van der Waals surface area contributed by atoms with Gasteiger partial charge in [-0.1, -0.05) is 0 Å². The number of aromatic nitrogens is 2. The SMILES string of the molecule is Cc1cc(F)ccc1S(=O)(=O)NCCn1ccc(-c2ccsc2)n1. The number of aryl methyl sites for hydroxylation is 1. The van der Waals surface area contributed by atoms with Crippen molar-refractivity contribution in [2.24, 2.45) is 0 Å². The van der Waals surface area contributed by atoms with Gasteiger partial charge in [0.25, 0.3) is 0 Å². The molecule has 126 valence electrons. The van der Waals surface area contributed by atoms with Gasteiger partial charge in [-0.15, -0.1) is 0 Å². The molecule has 3 rings (SSSR count). The van der Waals surface area contributed by atoms with Crippen LogP contribution >= 0.6 is 11.3 Å². The Labute approximate surface area is 143 Å². The zero-order valence-electron chi connectivity index (χ0n) is 12.9. The summed E-state index contributed by atoms with van der Waals surface area (Å²) in [5.74, 6) is -0.455. The van der Waals surface area contributed by atoms with E-state index in [1.54, 1.807) is 22.9 Å². The fourth-order valence-electron chi connectivity index (χ4n) is 2.34. The van der Waals surface area contributed by atoms with Gasteiger partial charge >= 0.3 is 0 Å². The van der Waals surface area contributed by atoms with E-state index in [0.29, 0.717) is 12.1 Å². The first-order valence-corrected chi connectivity index (χ1v) is 9.70. The van der Waals surface area contributed by atoms with Crippen molar-refractivity contribution in [1.82, 2.24) is 14.5 Å². The summed E-state index contributed by atoms with van der Waals surface area (Å²) < 4.78 is 41.9. The summed E-state index contributed by atoms with van der Waals surface area (Å²) in [6.45, 7) is 2.17. The molecule has 1 aromatic carbocycles. The molecule has 0 atom stereocenters. The molecule has 0 saturated heterocycles. The molecule has 2 aromatic heterocycles. The van der Waals surface area contributed by atoms with E-state index in [9.17, 15) is 12.8 Å². The molecule has 0 saturated carbocycles. The Morgan fingerprint density at radius 3 is 2.83 bits per heavy atom. The fraction of sp³-hybridized carbons (Fsp3) is 0.188. The Morgan fingerprint density at radius 1 is 1.29 bits per heavy atom. The number of rotatable bonds is 6. The molecule has 1 N–H and O–H groups in total. The topological polar surface area (TPSA) is 64.0 Å². The molecule has 0 radical (unpaired) electrons. The van der Waals surface area contributed by atoms with Crippen LogP contribution in [0, 0.1) is 12.7 Å². The second kappa shape index (κ2) is 6.84. The molecule has 0 aliphatic carbocycles. The molecule has 2 heterocycles. The lowest BCUT2D eigenvalue weighted by molar-refractivity contribution is 0.560. The van der Waals surface area contributed by atoms with Crippen LogP contribution in [0.15, 0.2) is 52.2 Å². The van der Waals surface area contributed by atoms with E-state index >= 15 is 0 Å². The second-order valence-corrected chi connectivity index (χ2v) is 7.80. The lowest BCUT2D eigenvalue weighted by atomic mass is 10.2. The number of nitrogens with zero attached hydrogens (tertiary/aromatic N) is 2. The number of nitrogens with one attached hydrogen (secondary N) is 1. The molecule has 5 nitrogen and oxygen atoms in total. The van der Waals surface area contributed by atoms with Crippen LogP contribution < -0.4 is 4.72 Å². The summed E-state index contributed by atoms with van der Waals surface area (Å²) in [7, 11) is -3.67. The number of thiophene rings is 1. The van der Waals surface area contributed by atoms with Crippen LogP contribution in [0.5, 0.6) is 0 Å². The summed E-state index contributed by atoms with van der Waals surface area (Å²) >= 11 is 1.60. The van der Waals surface area contributed by atoms with Crippen molar-refractivity contribution >= 4 is 21.4 Å². The van der Waals surface area contributed by atoms with E-state index in [0.717, 1.165) is 17.3 Å². The lowest BCUT2D eigenvalue weighted by Gasteiger charge is -2.09. The van der Waals surface area contributed by atoms with Crippen molar-refractivity contribution in [1.29, 1.82) is 0 Å². The highest BCUT2D eigenvalue weighted by Crippen LogP contribution is 2.19. The number of hydrogen-bond donors (Lipinski definition) is 1. The molecule has 0 amide bonds. The Morgan fingerprint density at radius 2 is 2.12 bits per heavy atom. The average Bonchev–Trinajstić information content (AvgIpc) is 3.17. The maximum atomic E-state index is 13.1. The Balaban J connectivity index is 1.63. The van der Waals surface area contributed by atoms with Crippen LogP contribution in [0.4, 0.5) is 4.39 Å². The molecule has 24 heavy (non-hydrogen) atoms. The average molecular weight is 365 g/mol. The molecular weight excluding hydrogens is 349 g/mol. The van der Waals surface area contributed by atoms with Gasteiger partial charge in [0.15, 0.2) is 0 Å². The molecule has 3 aromatic rings. The van der Waals surface area contributed by atoms with Gasteiger partial charge in [-0.05, 0) is 48.2 Å². The van der Waals surface area contributed by atoms with Crippen LogP contribution in [-0.4, -0.2) is 24.7 Å². The van der Waals surface area contributed by atoms with Crippen molar-refractivity contribution < 1.29 is 12.8 Å². The van der Waals surface area contributed by atoms with Crippen molar-refractivity contribution in [2.45, 2.75) is 18.4 Å². The first-order chi connectivity index (χ1) is 11.5. The zero-order chi connectivity index (χ0) is 17.2. The minimum atomic E-state index is -3.67. The first kappa shape index (κ1) is 16.8. The minimum absolute atomic E-state index is 0.0864. The molecule has 0 spiro atoms. The molecule has 0 fully saturated rings. The number of sulfonamides is 1. The highest BCUT2D eigenvalue weighted by atomic mass is 32.2. The molecule has 0 unspecified atom stereocenters. The standard InChI is InChI=1S/C16H16FN3O2S2/c1-12-10-14(17)2-3-16(12)24(21,22)18-6-8-20-7-4-15(19-20)13-5-9-23-11-13/h2-5,7,9-11,18H,6,8H2,1H3. The predicted molar refractivity (Wildman–Crippen MR) is 91.9 cm³/mol. The Bertz CT molecular complexity index is 934. The highest BCUT2D eigenvalue weighted by Gasteiger charge is 2.16. The number of hydrogen-bond acceptors (Lipinski definition) is 4. The maximum Gasteiger partial charge on any atom is 0.240 e. The lowest BCUT2D eigenvalue weighted by Crippen LogP contribution is -2.28. The van der Waals surface area contributed by atoms with Crippen molar-refractivity contribution in [3.05, 3.63) is 58.7 Å². The van der Waals surface area contributed by atoms with E-state index in [2.05, 4.69) is 9.82 Å². The smallest absolute Gasteiger partial charge is 0.240 e. The largest absolute Gasteiger partial charge is 0.271 e. The molecule has 0 aliphatic rings. The van der Waals surface area contributed by atoms with Gasteiger partial charge in [0.1, 0.15) is 5.82 Å². The van der Waals surface area contributed by atoms with Crippen LogP contribution in [0.25, 0.3) is 11.3 Å². The molecule has 0 aliphatic heterocycles. The molecule has 0 bridgehead atoms. The van der Waals surface area contributed by atoms with Gasteiger partial charge < -0.3 is 0 Å². The van der Waals surface area contributed by atoms with Crippen LogP contribution in [0.1, 0.15) is 5.56 Å².